The first kappa shape index (κ1) is 16.7. The van der Waals surface area contributed by atoms with E-state index in [1.54, 1.807) is 17.0 Å². The van der Waals surface area contributed by atoms with Gasteiger partial charge in [-0.2, -0.15) is 0 Å². The molecule has 0 unspecified atom stereocenters. The van der Waals surface area contributed by atoms with Gasteiger partial charge in [0.15, 0.2) is 0 Å². The van der Waals surface area contributed by atoms with E-state index in [1.807, 2.05) is 0 Å². The highest BCUT2D eigenvalue weighted by Crippen LogP contribution is 2.21. The molecule has 2 amide bonds. The van der Waals surface area contributed by atoms with Crippen LogP contribution in [0.3, 0.4) is 0 Å². The molecule has 0 aliphatic carbocycles. The smallest absolute Gasteiger partial charge is 0.330 e. The lowest BCUT2D eigenvalue weighted by Crippen LogP contribution is -2.39. The van der Waals surface area contributed by atoms with Gasteiger partial charge in [0.2, 0.25) is 11.8 Å². The second-order valence-electron chi connectivity index (χ2n) is 6.04. The number of carbonyl (C=O) groups excluding carboxylic acids is 2. The van der Waals surface area contributed by atoms with Crippen molar-refractivity contribution in [3.8, 4) is 0 Å². The van der Waals surface area contributed by atoms with Gasteiger partial charge in [-0.15, -0.1) is 0 Å². The molecule has 3 heterocycles. The molecule has 0 aromatic carbocycles. The fourth-order valence-electron chi connectivity index (χ4n) is 2.82. The van der Waals surface area contributed by atoms with Gasteiger partial charge in [0.05, 0.1) is 18.7 Å². The lowest BCUT2D eigenvalue weighted by atomic mass is 10.1. The number of hydrogen-bond donors (Lipinski definition) is 1. The van der Waals surface area contributed by atoms with Crippen LogP contribution in [0, 0.1) is 5.92 Å². The summed E-state index contributed by atoms with van der Waals surface area (Å²) in [6.07, 6.45) is 2.87. The Morgan fingerprint density at radius 2 is 2.08 bits per heavy atom. The molecule has 0 spiro atoms. The third-order valence-electron chi connectivity index (χ3n) is 4.22. The molecule has 0 bridgehead atoms. The standard InChI is InChI=1S/C16H18N4O5/c1-18-9-12(15(23)19(2)16(18)24)17-14(22)10-6-13(21)20(7-10)8-11-4-3-5-25-11/h3-5,9-10H,6-8H2,1-2H3,(H,17,22)/t10-/m0/s1. The summed E-state index contributed by atoms with van der Waals surface area (Å²) in [6.45, 7) is 0.550. The number of rotatable bonds is 4. The molecule has 1 saturated heterocycles. The lowest BCUT2D eigenvalue weighted by Gasteiger charge is -2.15. The van der Waals surface area contributed by atoms with Gasteiger partial charge in [0.1, 0.15) is 11.4 Å². The number of furan rings is 1. The van der Waals surface area contributed by atoms with Gasteiger partial charge < -0.3 is 19.2 Å². The first-order chi connectivity index (χ1) is 11.9. The molecule has 25 heavy (non-hydrogen) atoms. The van der Waals surface area contributed by atoms with Crippen LogP contribution in [0.5, 0.6) is 0 Å². The Balaban J connectivity index is 1.71. The van der Waals surface area contributed by atoms with Crippen LogP contribution in [-0.4, -0.2) is 32.4 Å². The molecule has 0 saturated carbocycles. The third-order valence-corrected chi connectivity index (χ3v) is 4.22. The number of anilines is 1. The third kappa shape index (κ3) is 3.25. The van der Waals surface area contributed by atoms with Crippen molar-refractivity contribution in [3.05, 3.63) is 51.2 Å². The normalized spacial score (nSPS) is 17.1. The number of nitrogens with one attached hydrogen (secondary N) is 1. The fraction of sp³-hybridized carbons (Fsp3) is 0.375. The summed E-state index contributed by atoms with van der Waals surface area (Å²) in [5.74, 6) is -0.498. The fourth-order valence-corrected chi connectivity index (χ4v) is 2.82. The van der Waals surface area contributed by atoms with Gasteiger partial charge in [0, 0.05) is 33.3 Å². The second kappa shape index (κ2) is 6.42. The minimum Gasteiger partial charge on any atom is -0.467 e. The number of nitrogens with zero attached hydrogens (tertiary/aromatic N) is 3. The van der Waals surface area contributed by atoms with Crippen LogP contribution in [0.15, 0.2) is 38.6 Å². The van der Waals surface area contributed by atoms with Gasteiger partial charge in [0.25, 0.3) is 5.56 Å². The van der Waals surface area contributed by atoms with Crippen molar-refractivity contribution in [1.82, 2.24) is 14.0 Å². The molecular weight excluding hydrogens is 328 g/mol. The van der Waals surface area contributed by atoms with E-state index in [9.17, 15) is 19.2 Å². The van der Waals surface area contributed by atoms with Crippen LogP contribution < -0.4 is 16.6 Å². The van der Waals surface area contributed by atoms with E-state index in [1.165, 1.54) is 31.1 Å². The summed E-state index contributed by atoms with van der Waals surface area (Å²) in [5.41, 5.74) is -1.07. The average Bonchev–Trinajstić information content (AvgIpc) is 3.21. The van der Waals surface area contributed by atoms with Gasteiger partial charge in [-0.1, -0.05) is 0 Å². The molecule has 1 aliphatic rings. The van der Waals surface area contributed by atoms with Gasteiger partial charge in [-0.05, 0) is 12.1 Å². The summed E-state index contributed by atoms with van der Waals surface area (Å²) in [4.78, 5) is 49.8. The molecule has 3 rings (SSSR count). The Morgan fingerprint density at radius 3 is 2.76 bits per heavy atom. The number of aryl methyl sites for hydroxylation is 1. The zero-order valence-corrected chi connectivity index (χ0v) is 13.9. The van der Waals surface area contributed by atoms with Crippen LogP contribution in [0.25, 0.3) is 0 Å². The summed E-state index contributed by atoms with van der Waals surface area (Å²) < 4.78 is 7.34. The topological polar surface area (TPSA) is 107 Å². The number of carbonyl (C=O) groups is 2. The quantitative estimate of drug-likeness (QED) is 0.815. The van der Waals surface area contributed by atoms with Crippen molar-refractivity contribution in [2.24, 2.45) is 20.0 Å². The first-order valence-corrected chi connectivity index (χ1v) is 7.74. The number of likely N-dealkylation sites (tertiary alicyclic amines) is 1. The molecule has 2 aromatic rings. The molecule has 0 radical (unpaired) electrons. The van der Waals surface area contributed by atoms with E-state index < -0.39 is 23.1 Å². The van der Waals surface area contributed by atoms with Crippen LogP contribution in [0.1, 0.15) is 12.2 Å². The van der Waals surface area contributed by atoms with Crippen molar-refractivity contribution >= 4 is 17.5 Å². The lowest BCUT2D eigenvalue weighted by molar-refractivity contribution is -0.128. The molecule has 9 heteroatoms. The van der Waals surface area contributed by atoms with E-state index in [4.69, 9.17) is 4.42 Å². The Labute approximate surface area is 142 Å². The predicted molar refractivity (Wildman–Crippen MR) is 87.8 cm³/mol. The number of amides is 2. The zero-order valence-electron chi connectivity index (χ0n) is 13.9. The van der Waals surface area contributed by atoms with E-state index in [0.717, 1.165) is 4.57 Å². The van der Waals surface area contributed by atoms with Crippen molar-refractivity contribution in [2.75, 3.05) is 11.9 Å². The average molecular weight is 346 g/mol. The van der Waals surface area contributed by atoms with Crippen molar-refractivity contribution in [2.45, 2.75) is 13.0 Å². The minimum atomic E-state index is -0.590. The van der Waals surface area contributed by atoms with Crippen LogP contribution in [0.4, 0.5) is 5.69 Å². The maximum Gasteiger partial charge on any atom is 0.330 e. The second-order valence-corrected chi connectivity index (χ2v) is 6.04. The summed E-state index contributed by atoms with van der Waals surface area (Å²) in [5, 5.41) is 2.53. The predicted octanol–water partition coefficient (Wildman–Crippen LogP) is -0.336. The monoisotopic (exact) mass is 346 g/mol. The Hall–Kier alpha value is -3.10. The highest BCUT2D eigenvalue weighted by atomic mass is 16.3. The van der Waals surface area contributed by atoms with E-state index >= 15 is 0 Å². The maximum absolute atomic E-state index is 12.4. The molecule has 132 valence electrons. The van der Waals surface area contributed by atoms with Crippen LogP contribution in [0.2, 0.25) is 0 Å². The molecule has 1 aliphatic heterocycles. The summed E-state index contributed by atoms with van der Waals surface area (Å²) in [6, 6.07) is 3.49. The Bertz CT molecular complexity index is 925. The highest BCUT2D eigenvalue weighted by molar-refractivity contribution is 5.96. The Morgan fingerprint density at radius 1 is 1.32 bits per heavy atom. The van der Waals surface area contributed by atoms with Crippen LogP contribution >= 0.6 is 0 Å². The van der Waals surface area contributed by atoms with E-state index in [-0.39, 0.29) is 24.6 Å². The number of aromatic nitrogens is 2. The van der Waals surface area contributed by atoms with Crippen molar-refractivity contribution in [1.29, 1.82) is 0 Å². The zero-order chi connectivity index (χ0) is 18.1. The van der Waals surface area contributed by atoms with Crippen molar-refractivity contribution in [3.63, 3.8) is 0 Å². The summed E-state index contributed by atoms with van der Waals surface area (Å²) in [7, 11) is 2.83. The highest BCUT2D eigenvalue weighted by Gasteiger charge is 2.35. The van der Waals surface area contributed by atoms with E-state index in [0.29, 0.717) is 12.3 Å². The largest absolute Gasteiger partial charge is 0.467 e. The molecule has 9 nitrogen and oxygen atoms in total. The SMILES string of the molecule is Cn1cc(NC(=O)[C@H]2CC(=O)N(Cc3ccco3)C2)c(=O)n(C)c1=O. The summed E-state index contributed by atoms with van der Waals surface area (Å²) >= 11 is 0. The molecular formula is C16H18N4O5. The van der Waals surface area contributed by atoms with Gasteiger partial charge in [-0.3, -0.25) is 19.0 Å². The molecule has 1 N–H and O–H groups in total. The molecule has 2 aromatic heterocycles. The molecule has 1 atom stereocenters. The van der Waals surface area contributed by atoms with Crippen molar-refractivity contribution < 1.29 is 14.0 Å². The first-order valence-electron chi connectivity index (χ1n) is 7.74. The van der Waals surface area contributed by atoms with Gasteiger partial charge >= 0.3 is 5.69 Å². The van der Waals surface area contributed by atoms with E-state index in [2.05, 4.69) is 5.32 Å². The van der Waals surface area contributed by atoms with Crippen LogP contribution in [-0.2, 0) is 30.2 Å². The van der Waals surface area contributed by atoms with Gasteiger partial charge in [-0.25, -0.2) is 4.79 Å². The maximum atomic E-state index is 12.4. The minimum absolute atomic E-state index is 0.00605. The molecule has 1 fully saturated rings. The number of hydrogen-bond acceptors (Lipinski definition) is 5. The Kier molecular flexibility index (Phi) is 4.30.